The molecule has 1 rings (SSSR count). The number of amides is 1. The zero-order valence-corrected chi connectivity index (χ0v) is 10.4. The molecule has 1 aromatic heterocycles. The van der Waals surface area contributed by atoms with Gasteiger partial charge in [-0.3, -0.25) is 4.79 Å². The molecule has 7 heteroatoms. The maximum atomic E-state index is 11.6. The van der Waals surface area contributed by atoms with Crippen LogP contribution in [0.5, 0.6) is 0 Å². The lowest BCUT2D eigenvalue weighted by atomic mass is 10.2. The molecular formula is C9H16N4O2S. The van der Waals surface area contributed by atoms with E-state index >= 15 is 0 Å². The second-order valence-corrected chi connectivity index (χ2v) is 4.41. The van der Waals surface area contributed by atoms with Crippen LogP contribution in [0.15, 0.2) is 0 Å². The second kappa shape index (κ2) is 6.39. The maximum Gasteiger partial charge on any atom is 0.282 e. The number of ether oxygens (including phenoxy) is 1. The van der Waals surface area contributed by atoms with E-state index in [2.05, 4.69) is 20.8 Å². The molecule has 0 aliphatic rings. The van der Waals surface area contributed by atoms with Crippen LogP contribution in [0, 0.1) is 5.92 Å². The number of anilines is 1. The van der Waals surface area contributed by atoms with Gasteiger partial charge in [0.15, 0.2) is 0 Å². The Kier molecular flexibility index (Phi) is 5.13. The lowest BCUT2D eigenvalue weighted by Gasteiger charge is -2.09. The minimum Gasteiger partial charge on any atom is -0.384 e. The van der Waals surface area contributed by atoms with Crippen molar-refractivity contribution in [3.63, 3.8) is 0 Å². The summed E-state index contributed by atoms with van der Waals surface area (Å²) in [6.07, 6.45) is 0. The largest absolute Gasteiger partial charge is 0.384 e. The highest BCUT2D eigenvalue weighted by atomic mass is 32.1. The highest BCUT2D eigenvalue weighted by Gasteiger charge is 2.12. The molecule has 6 nitrogen and oxygen atoms in total. The lowest BCUT2D eigenvalue weighted by molar-refractivity contribution is 0.0933. The maximum absolute atomic E-state index is 11.6. The molecule has 0 radical (unpaired) electrons. The fourth-order valence-electron chi connectivity index (χ4n) is 1.10. The molecule has 0 saturated heterocycles. The van der Waals surface area contributed by atoms with E-state index < -0.39 is 0 Å². The lowest BCUT2D eigenvalue weighted by Crippen LogP contribution is -2.29. The van der Waals surface area contributed by atoms with Crippen molar-refractivity contribution >= 4 is 22.4 Å². The van der Waals surface area contributed by atoms with Crippen LogP contribution in [0.25, 0.3) is 0 Å². The third-order valence-corrected chi connectivity index (χ3v) is 2.83. The van der Waals surface area contributed by atoms with Gasteiger partial charge in [0.05, 0.1) is 6.61 Å². The van der Waals surface area contributed by atoms with E-state index in [1.165, 1.54) is 11.3 Å². The number of aromatic nitrogens is 2. The Morgan fingerprint density at radius 2 is 2.31 bits per heavy atom. The molecule has 90 valence electrons. The zero-order chi connectivity index (χ0) is 12.0. The van der Waals surface area contributed by atoms with Gasteiger partial charge in [0, 0.05) is 20.7 Å². The van der Waals surface area contributed by atoms with E-state index in [4.69, 9.17) is 4.74 Å². The summed E-state index contributed by atoms with van der Waals surface area (Å²) in [6, 6.07) is 0. The van der Waals surface area contributed by atoms with E-state index in [0.29, 0.717) is 23.3 Å². The van der Waals surface area contributed by atoms with Gasteiger partial charge in [0.2, 0.25) is 10.1 Å². The van der Waals surface area contributed by atoms with Gasteiger partial charge in [0.25, 0.3) is 5.91 Å². The molecule has 1 atom stereocenters. The van der Waals surface area contributed by atoms with Crippen molar-refractivity contribution in [1.82, 2.24) is 15.5 Å². The number of rotatable bonds is 6. The Balaban J connectivity index is 2.40. The van der Waals surface area contributed by atoms with Crippen LogP contribution in [0.3, 0.4) is 0 Å². The molecule has 0 saturated carbocycles. The van der Waals surface area contributed by atoms with Gasteiger partial charge in [0.1, 0.15) is 0 Å². The third kappa shape index (κ3) is 3.74. The minimum absolute atomic E-state index is 0.193. The van der Waals surface area contributed by atoms with Gasteiger partial charge in [-0.1, -0.05) is 18.3 Å². The van der Waals surface area contributed by atoms with Crippen LogP contribution in [-0.2, 0) is 4.74 Å². The molecule has 0 fully saturated rings. The number of hydrogen-bond donors (Lipinski definition) is 2. The second-order valence-electron chi connectivity index (χ2n) is 3.43. The molecule has 1 heterocycles. The molecule has 0 aliphatic heterocycles. The standard InChI is InChI=1S/C9H16N4O2S/c1-6(5-15-3)4-11-7(14)8-12-13-9(10-2)16-8/h6H,4-5H2,1-3H3,(H,10,13)(H,11,14). The van der Waals surface area contributed by atoms with E-state index in [9.17, 15) is 4.79 Å². The van der Waals surface area contributed by atoms with Gasteiger partial charge >= 0.3 is 0 Å². The molecule has 1 amide bonds. The fourth-order valence-corrected chi connectivity index (χ4v) is 1.72. The molecule has 0 spiro atoms. The van der Waals surface area contributed by atoms with Crippen molar-refractivity contribution in [2.45, 2.75) is 6.92 Å². The van der Waals surface area contributed by atoms with Gasteiger partial charge in [-0.2, -0.15) is 0 Å². The van der Waals surface area contributed by atoms with Crippen LogP contribution in [0.2, 0.25) is 0 Å². The van der Waals surface area contributed by atoms with Gasteiger partial charge in [-0.25, -0.2) is 0 Å². The molecule has 16 heavy (non-hydrogen) atoms. The Labute approximate surface area is 98.4 Å². The van der Waals surface area contributed by atoms with Crippen LogP contribution in [-0.4, -0.2) is 43.4 Å². The van der Waals surface area contributed by atoms with Gasteiger partial charge in [-0.05, 0) is 5.92 Å². The summed E-state index contributed by atoms with van der Waals surface area (Å²) in [5.74, 6) is 0.0904. The summed E-state index contributed by atoms with van der Waals surface area (Å²) >= 11 is 1.23. The summed E-state index contributed by atoms with van der Waals surface area (Å²) in [7, 11) is 3.38. The van der Waals surface area contributed by atoms with Gasteiger partial charge in [-0.15, -0.1) is 10.2 Å². The molecular weight excluding hydrogens is 228 g/mol. The third-order valence-electron chi connectivity index (χ3n) is 1.90. The quantitative estimate of drug-likeness (QED) is 0.766. The predicted octanol–water partition coefficient (Wildman–Crippen LogP) is 0.592. The van der Waals surface area contributed by atoms with E-state index in [0.717, 1.165) is 0 Å². The molecule has 1 unspecified atom stereocenters. The molecule has 1 aromatic rings. The van der Waals surface area contributed by atoms with Crippen molar-refractivity contribution in [2.75, 3.05) is 32.6 Å². The number of carbonyl (C=O) groups is 1. The minimum atomic E-state index is -0.193. The van der Waals surface area contributed by atoms with Gasteiger partial charge < -0.3 is 15.4 Å². The monoisotopic (exact) mass is 244 g/mol. The topological polar surface area (TPSA) is 76.1 Å². The fraction of sp³-hybridized carbons (Fsp3) is 0.667. The Morgan fingerprint density at radius 3 is 2.88 bits per heavy atom. The van der Waals surface area contributed by atoms with Crippen LogP contribution < -0.4 is 10.6 Å². The Hall–Kier alpha value is -1.21. The molecule has 2 N–H and O–H groups in total. The Morgan fingerprint density at radius 1 is 1.56 bits per heavy atom. The summed E-state index contributed by atoms with van der Waals surface area (Å²) in [5, 5.41) is 14.2. The molecule has 0 aromatic carbocycles. The zero-order valence-electron chi connectivity index (χ0n) is 9.61. The summed E-state index contributed by atoms with van der Waals surface area (Å²) in [6.45, 7) is 3.20. The predicted molar refractivity (Wildman–Crippen MR) is 62.8 cm³/mol. The van der Waals surface area contributed by atoms with Crippen LogP contribution >= 0.6 is 11.3 Å². The van der Waals surface area contributed by atoms with Crippen LogP contribution in [0.4, 0.5) is 5.13 Å². The summed E-state index contributed by atoms with van der Waals surface area (Å²) in [4.78, 5) is 11.6. The van der Waals surface area contributed by atoms with Crippen molar-refractivity contribution in [2.24, 2.45) is 5.92 Å². The number of carbonyl (C=O) groups excluding carboxylic acids is 1. The average molecular weight is 244 g/mol. The van der Waals surface area contributed by atoms with E-state index in [1.807, 2.05) is 6.92 Å². The Bertz CT molecular complexity index is 342. The van der Waals surface area contributed by atoms with Crippen molar-refractivity contribution in [3.05, 3.63) is 5.01 Å². The SMILES string of the molecule is CNc1nnc(C(=O)NCC(C)COC)s1. The highest BCUT2D eigenvalue weighted by Crippen LogP contribution is 2.13. The molecule has 0 aliphatic carbocycles. The summed E-state index contributed by atoms with van der Waals surface area (Å²) < 4.78 is 4.98. The normalized spacial score (nSPS) is 12.2. The number of hydrogen-bond acceptors (Lipinski definition) is 6. The van der Waals surface area contributed by atoms with Crippen molar-refractivity contribution in [1.29, 1.82) is 0 Å². The smallest absolute Gasteiger partial charge is 0.282 e. The summed E-state index contributed by atoms with van der Waals surface area (Å²) in [5.41, 5.74) is 0. The number of nitrogens with one attached hydrogen (secondary N) is 2. The average Bonchev–Trinajstić information content (AvgIpc) is 2.75. The number of methoxy groups -OCH3 is 1. The first-order chi connectivity index (χ1) is 7.67. The number of nitrogens with zero attached hydrogens (tertiary/aromatic N) is 2. The van der Waals surface area contributed by atoms with E-state index in [1.54, 1.807) is 14.2 Å². The first-order valence-electron chi connectivity index (χ1n) is 4.95. The first kappa shape index (κ1) is 12.9. The van der Waals surface area contributed by atoms with E-state index in [-0.39, 0.29) is 11.8 Å². The van der Waals surface area contributed by atoms with Crippen molar-refractivity contribution < 1.29 is 9.53 Å². The van der Waals surface area contributed by atoms with Crippen LogP contribution in [0.1, 0.15) is 16.7 Å². The molecule has 0 bridgehead atoms. The highest BCUT2D eigenvalue weighted by molar-refractivity contribution is 7.17. The van der Waals surface area contributed by atoms with Crippen molar-refractivity contribution in [3.8, 4) is 0 Å². The first-order valence-corrected chi connectivity index (χ1v) is 5.77.